The van der Waals surface area contributed by atoms with Gasteiger partial charge in [-0.1, -0.05) is 25.4 Å². The summed E-state index contributed by atoms with van der Waals surface area (Å²) >= 11 is 6.04. The largest absolute Gasteiger partial charge is 0.394 e. The maximum Gasteiger partial charge on any atom is 0.291 e. The molecule has 1 saturated carbocycles. The monoisotopic (exact) mass is 285 g/mol. The van der Waals surface area contributed by atoms with Gasteiger partial charge in [-0.05, 0) is 24.7 Å². The average Bonchev–Trinajstić information content (AvgIpc) is 3.16. The zero-order chi connectivity index (χ0) is 14.0. The second-order valence-corrected chi connectivity index (χ2v) is 5.88. The molecule has 0 aromatic carbocycles. The van der Waals surface area contributed by atoms with Crippen molar-refractivity contribution in [3.63, 3.8) is 0 Å². The zero-order valence-corrected chi connectivity index (χ0v) is 12.0. The highest BCUT2D eigenvalue weighted by Gasteiger charge is 2.24. The predicted molar refractivity (Wildman–Crippen MR) is 75.6 cm³/mol. The topological polar surface area (TPSA) is 67.2 Å². The second-order valence-electron chi connectivity index (χ2n) is 5.48. The Morgan fingerprint density at radius 3 is 2.79 bits per heavy atom. The van der Waals surface area contributed by atoms with Gasteiger partial charge in [-0.2, -0.15) is 5.10 Å². The number of rotatable bonds is 6. The van der Waals surface area contributed by atoms with E-state index in [0.717, 1.165) is 12.8 Å². The van der Waals surface area contributed by atoms with Gasteiger partial charge in [-0.3, -0.25) is 4.79 Å². The van der Waals surface area contributed by atoms with Crippen LogP contribution in [-0.2, 0) is 6.54 Å². The fourth-order valence-electron chi connectivity index (χ4n) is 1.88. The van der Waals surface area contributed by atoms with Gasteiger partial charge in [-0.25, -0.2) is 4.68 Å². The van der Waals surface area contributed by atoms with Crippen molar-refractivity contribution in [1.29, 1.82) is 0 Å². The number of nitrogens with zero attached hydrogens (tertiary/aromatic N) is 2. The number of anilines is 1. The van der Waals surface area contributed by atoms with Gasteiger partial charge in [0.1, 0.15) is 5.69 Å². The number of aliphatic hydroxyl groups is 1. The average molecular weight is 286 g/mol. The molecule has 1 aliphatic rings. The van der Waals surface area contributed by atoms with Crippen LogP contribution in [0.15, 0.2) is 11.0 Å². The van der Waals surface area contributed by atoms with Crippen LogP contribution in [0.5, 0.6) is 0 Å². The molecule has 1 fully saturated rings. The molecule has 1 aromatic rings. The predicted octanol–water partition coefficient (Wildman–Crippen LogP) is 1.74. The molecule has 0 spiro atoms. The molecule has 19 heavy (non-hydrogen) atoms. The van der Waals surface area contributed by atoms with Crippen LogP contribution < -0.4 is 10.9 Å². The van der Waals surface area contributed by atoms with E-state index in [1.165, 1.54) is 10.9 Å². The first kappa shape index (κ1) is 14.3. The van der Waals surface area contributed by atoms with Gasteiger partial charge in [0.05, 0.1) is 23.9 Å². The van der Waals surface area contributed by atoms with E-state index in [-0.39, 0.29) is 24.1 Å². The van der Waals surface area contributed by atoms with Gasteiger partial charge in [0.25, 0.3) is 5.56 Å². The van der Waals surface area contributed by atoms with Crippen LogP contribution in [0, 0.1) is 11.8 Å². The molecule has 1 aliphatic carbocycles. The first-order chi connectivity index (χ1) is 9.02. The zero-order valence-electron chi connectivity index (χ0n) is 11.3. The van der Waals surface area contributed by atoms with Crippen LogP contribution >= 0.6 is 11.6 Å². The Hall–Kier alpha value is -1.07. The minimum Gasteiger partial charge on any atom is -0.394 e. The Kier molecular flexibility index (Phi) is 4.47. The van der Waals surface area contributed by atoms with Gasteiger partial charge in [-0.15, -0.1) is 0 Å². The van der Waals surface area contributed by atoms with Crippen molar-refractivity contribution in [3.05, 3.63) is 21.6 Å². The summed E-state index contributed by atoms with van der Waals surface area (Å²) in [5.74, 6) is 0.767. The van der Waals surface area contributed by atoms with Crippen LogP contribution in [0.4, 0.5) is 5.69 Å². The van der Waals surface area contributed by atoms with Gasteiger partial charge in [0, 0.05) is 6.54 Å². The summed E-state index contributed by atoms with van der Waals surface area (Å²) in [5, 5.41) is 16.7. The molecule has 6 heteroatoms. The van der Waals surface area contributed by atoms with Crippen LogP contribution in [0.2, 0.25) is 5.02 Å². The molecule has 2 rings (SSSR count). The fraction of sp³-hybridized carbons (Fsp3) is 0.692. The third-order valence-corrected chi connectivity index (χ3v) is 3.74. The third-order valence-electron chi connectivity index (χ3n) is 3.46. The van der Waals surface area contributed by atoms with Crippen LogP contribution in [-0.4, -0.2) is 27.5 Å². The van der Waals surface area contributed by atoms with Crippen molar-refractivity contribution in [2.45, 2.75) is 39.3 Å². The summed E-state index contributed by atoms with van der Waals surface area (Å²) in [7, 11) is 0. The summed E-state index contributed by atoms with van der Waals surface area (Å²) in [4.78, 5) is 12.3. The number of halogens is 1. The smallest absolute Gasteiger partial charge is 0.291 e. The van der Waals surface area contributed by atoms with E-state index in [0.29, 0.717) is 23.2 Å². The van der Waals surface area contributed by atoms with Crippen molar-refractivity contribution < 1.29 is 5.11 Å². The summed E-state index contributed by atoms with van der Waals surface area (Å²) < 4.78 is 1.46. The Balaban J connectivity index is 2.24. The van der Waals surface area contributed by atoms with Crippen LogP contribution in [0.25, 0.3) is 0 Å². The van der Waals surface area contributed by atoms with Crippen molar-refractivity contribution >= 4 is 17.3 Å². The molecule has 1 aromatic heterocycles. The first-order valence-electron chi connectivity index (χ1n) is 6.66. The van der Waals surface area contributed by atoms with Crippen molar-refractivity contribution in [2.24, 2.45) is 11.8 Å². The first-order valence-corrected chi connectivity index (χ1v) is 7.03. The van der Waals surface area contributed by atoms with Crippen molar-refractivity contribution in [1.82, 2.24) is 9.78 Å². The number of hydrogen-bond acceptors (Lipinski definition) is 4. The van der Waals surface area contributed by atoms with Gasteiger partial charge < -0.3 is 10.4 Å². The van der Waals surface area contributed by atoms with Gasteiger partial charge >= 0.3 is 0 Å². The number of aliphatic hydroxyl groups excluding tert-OH is 1. The molecular weight excluding hydrogens is 266 g/mol. The van der Waals surface area contributed by atoms with E-state index >= 15 is 0 Å². The minimum absolute atomic E-state index is 0.0433. The molecule has 1 heterocycles. The number of nitrogens with one attached hydrogen (secondary N) is 1. The van der Waals surface area contributed by atoms with E-state index < -0.39 is 0 Å². The molecule has 5 nitrogen and oxygen atoms in total. The van der Waals surface area contributed by atoms with Crippen molar-refractivity contribution in [2.75, 3.05) is 11.9 Å². The molecule has 0 amide bonds. The van der Waals surface area contributed by atoms with Gasteiger partial charge in [0.15, 0.2) is 0 Å². The Morgan fingerprint density at radius 2 is 2.26 bits per heavy atom. The molecule has 2 N–H and O–H groups in total. The number of aromatic nitrogens is 2. The molecule has 1 atom stereocenters. The second kappa shape index (κ2) is 5.92. The lowest BCUT2D eigenvalue weighted by atomic mass is 10.1. The normalized spacial score (nSPS) is 16.7. The molecule has 0 aliphatic heterocycles. The van der Waals surface area contributed by atoms with E-state index in [4.69, 9.17) is 11.6 Å². The lowest BCUT2D eigenvalue weighted by molar-refractivity contribution is 0.249. The molecule has 0 saturated heterocycles. The molecule has 1 unspecified atom stereocenters. The summed E-state index contributed by atoms with van der Waals surface area (Å²) in [6.07, 6.45) is 3.80. The van der Waals surface area contributed by atoms with Crippen LogP contribution in [0.1, 0.15) is 26.7 Å². The third kappa shape index (κ3) is 3.48. The highest BCUT2D eigenvalue weighted by molar-refractivity contribution is 6.33. The summed E-state index contributed by atoms with van der Waals surface area (Å²) in [6, 6.07) is -0.193. The minimum atomic E-state index is -0.210. The lowest BCUT2D eigenvalue weighted by Crippen LogP contribution is -2.35. The quantitative estimate of drug-likeness (QED) is 0.835. The van der Waals surface area contributed by atoms with Crippen molar-refractivity contribution in [3.8, 4) is 0 Å². The SMILES string of the molecule is CC(C)C(CO)Nc1c(Cl)cnn(CC2CC2)c1=O. The molecule has 0 radical (unpaired) electrons. The lowest BCUT2D eigenvalue weighted by Gasteiger charge is -2.21. The maximum atomic E-state index is 12.3. The highest BCUT2D eigenvalue weighted by Crippen LogP contribution is 2.30. The molecule has 0 bridgehead atoms. The maximum absolute atomic E-state index is 12.3. The standard InChI is InChI=1S/C13H20ClN3O2/c1-8(2)11(7-18)16-12-10(14)5-15-17(13(12)19)6-9-3-4-9/h5,8-9,11,16,18H,3-4,6-7H2,1-2H3. The Bertz CT molecular complexity index is 497. The molecule has 106 valence electrons. The van der Waals surface area contributed by atoms with E-state index in [1.54, 1.807) is 0 Å². The Labute approximate surface area is 117 Å². The van der Waals surface area contributed by atoms with Crippen LogP contribution in [0.3, 0.4) is 0 Å². The highest BCUT2D eigenvalue weighted by atomic mass is 35.5. The Morgan fingerprint density at radius 1 is 1.58 bits per heavy atom. The fourth-order valence-corrected chi connectivity index (χ4v) is 2.06. The van der Waals surface area contributed by atoms with E-state index in [2.05, 4.69) is 10.4 Å². The molecular formula is C13H20ClN3O2. The summed E-state index contributed by atoms with van der Waals surface area (Å²) in [5.41, 5.74) is 0.128. The van der Waals surface area contributed by atoms with E-state index in [9.17, 15) is 9.90 Å². The van der Waals surface area contributed by atoms with Gasteiger partial charge in [0.2, 0.25) is 0 Å². The summed E-state index contributed by atoms with van der Waals surface area (Å²) in [6.45, 7) is 4.56. The van der Waals surface area contributed by atoms with E-state index in [1.807, 2.05) is 13.8 Å². The number of hydrogen-bond donors (Lipinski definition) is 2.